The number of hydrogen-bond donors (Lipinski definition) is 0. The van der Waals surface area contributed by atoms with Crippen molar-refractivity contribution < 1.29 is 4.55 Å². The van der Waals surface area contributed by atoms with Crippen LogP contribution in [-0.4, -0.2) is 16.0 Å². The first kappa shape index (κ1) is 18.2. The van der Waals surface area contributed by atoms with E-state index < -0.39 is 11.2 Å². The summed E-state index contributed by atoms with van der Waals surface area (Å²) >= 11 is -1.14. The molecule has 1 unspecified atom stereocenters. The number of benzene rings is 3. The monoisotopic (exact) mass is 359 g/mol. The third kappa shape index (κ3) is 4.72. The Morgan fingerprint density at radius 3 is 1.77 bits per heavy atom. The highest BCUT2D eigenvalue weighted by Gasteiger charge is 2.17. The molecule has 0 aliphatic heterocycles. The van der Waals surface area contributed by atoms with Gasteiger partial charge in [0.2, 0.25) is 0 Å². The molecule has 2 nitrogen and oxygen atoms in total. The van der Waals surface area contributed by atoms with E-state index in [1.807, 2.05) is 66.7 Å². The Balaban J connectivity index is 1.91. The Labute approximate surface area is 158 Å². The van der Waals surface area contributed by atoms with Gasteiger partial charge in [0, 0.05) is 0 Å². The first-order valence-electron chi connectivity index (χ1n) is 8.50. The standard InChI is InChI=1S/C23H21NOS/c1-2-21(18-26(25)22-16-10-5-11-17-22)24-23(19-12-6-3-7-13-19)20-14-8-4-9-15-20/h2-17,23H,1,18H2/b24-21+. The smallest absolute Gasteiger partial charge is 0.153 e. The van der Waals surface area contributed by atoms with E-state index in [9.17, 15) is 4.55 Å². The lowest BCUT2D eigenvalue weighted by Gasteiger charge is -2.16. The fourth-order valence-electron chi connectivity index (χ4n) is 2.72. The lowest BCUT2D eigenvalue weighted by molar-refractivity contribution is 0.598. The van der Waals surface area contributed by atoms with Gasteiger partial charge >= 0.3 is 0 Å². The molecule has 0 saturated heterocycles. The fraction of sp³-hybridized carbons (Fsp3) is 0.0870. The highest BCUT2D eigenvalue weighted by Crippen LogP contribution is 2.26. The molecule has 1 atom stereocenters. The summed E-state index contributed by atoms with van der Waals surface area (Å²) in [5.74, 6) is 0.351. The molecule has 130 valence electrons. The summed E-state index contributed by atoms with van der Waals surface area (Å²) in [6.45, 7) is 3.88. The van der Waals surface area contributed by atoms with Crippen LogP contribution >= 0.6 is 0 Å². The van der Waals surface area contributed by atoms with Crippen LogP contribution in [-0.2, 0) is 11.2 Å². The third-order valence-electron chi connectivity index (χ3n) is 4.05. The number of nitrogens with zero attached hydrogens (tertiary/aromatic N) is 1. The number of aliphatic imine (C=N–C) groups is 1. The fourth-order valence-corrected chi connectivity index (χ4v) is 3.81. The summed E-state index contributed by atoms with van der Waals surface area (Å²) in [5.41, 5.74) is 2.94. The van der Waals surface area contributed by atoms with Crippen LogP contribution < -0.4 is 0 Å². The predicted molar refractivity (Wildman–Crippen MR) is 110 cm³/mol. The summed E-state index contributed by atoms with van der Waals surface area (Å²) in [6, 6.07) is 29.6. The van der Waals surface area contributed by atoms with Gasteiger partial charge in [-0.3, -0.25) is 4.99 Å². The van der Waals surface area contributed by atoms with E-state index in [4.69, 9.17) is 4.99 Å². The van der Waals surface area contributed by atoms with Crippen LogP contribution in [0.5, 0.6) is 0 Å². The molecule has 0 aromatic heterocycles. The molecule has 3 aromatic carbocycles. The first-order valence-corrected chi connectivity index (χ1v) is 9.82. The van der Waals surface area contributed by atoms with Gasteiger partial charge in [-0.15, -0.1) is 0 Å². The maximum atomic E-state index is 12.7. The van der Waals surface area contributed by atoms with Gasteiger partial charge in [-0.25, -0.2) is 0 Å². The molecule has 0 bridgehead atoms. The van der Waals surface area contributed by atoms with Crippen molar-refractivity contribution in [1.82, 2.24) is 0 Å². The minimum Gasteiger partial charge on any atom is -0.611 e. The van der Waals surface area contributed by atoms with Crippen molar-refractivity contribution >= 4 is 16.9 Å². The highest BCUT2D eigenvalue weighted by atomic mass is 32.2. The molecular formula is C23H21NOS. The molecule has 3 heteroatoms. The predicted octanol–water partition coefficient (Wildman–Crippen LogP) is 5.21. The summed E-state index contributed by atoms with van der Waals surface area (Å²) in [5, 5.41) is 0. The molecule has 0 saturated carbocycles. The molecule has 0 heterocycles. The average molecular weight is 359 g/mol. The Hall–Kier alpha value is -2.62. The SMILES string of the molecule is C=C/C(C[S+]([O-])c1ccccc1)=N\C(c1ccccc1)c1ccccc1. The zero-order valence-corrected chi connectivity index (χ0v) is 15.3. The van der Waals surface area contributed by atoms with Crippen molar-refractivity contribution in [3.8, 4) is 0 Å². The molecule has 0 radical (unpaired) electrons. The van der Waals surface area contributed by atoms with Gasteiger partial charge in [0.15, 0.2) is 10.6 Å². The van der Waals surface area contributed by atoms with Gasteiger partial charge in [0.1, 0.15) is 6.04 Å². The Kier molecular flexibility index (Phi) is 6.42. The molecule has 0 fully saturated rings. The van der Waals surface area contributed by atoms with Crippen molar-refractivity contribution in [3.05, 3.63) is 115 Å². The van der Waals surface area contributed by atoms with Gasteiger partial charge in [0.25, 0.3) is 0 Å². The van der Waals surface area contributed by atoms with Crippen LogP contribution in [0.25, 0.3) is 0 Å². The van der Waals surface area contributed by atoms with Crippen LogP contribution in [0, 0.1) is 0 Å². The van der Waals surface area contributed by atoms with E-state index in [-0.39, 0.29) is 6.04 Å². The maximum Gasteiger partial charge on any atom is 0.153 e. The van der Waals surface area contributed by atoms with E-state index in [0.717, 1.165) is 21.7 Å². The highest BCUT2D eigenvalue weighted by molar-refractivity contribution is 7.92. The van der Waals surface area contributed by atoms with E-state index in [2.05, 4.69) is 30.8 Å². The summed E-state index contributed by atoms with van der Waals surface area (Å²) < 4.78 is 12.7. The van der Waals surface area contributed by atoms with Gasteiger partial charge in [0.05, 0.1) is 5.71 Å². The minimum absolute atomic E-state index is 0.141. The zero-order valence-electron chi connectivity index (χ0n) is 14.5. The van der Waals surface area contributed by atoms with Crippen LogP contribution in [0.3, 0.4) is 0 Å². The minimum atomic E-state index is -1.14. The van der Waals surface area contributed by atoms with Crippen molar-refractivity contribution in [2.45, 2.75) is 10.9 Å². The summed E-state index contributed by atoms with van der Waals surface area (Å²) in [7, 11) is 0. The first-order chi connectivity index (χ1) is 12.8. The average Bonchev–Trinajstić information content (AvgIpc) is 2.73. The van der Waals surface area contributed by atoms with Gasteiger partial charge in [-0.05, 0) is 40.5 Å². The Morgan fingerprint density at radius 1 is 0.846 bits per heavy atom. The molecule has 0 aliphatic rings. The molecule has 26 heavy (non-hydrogen) atoms. The molecular weight excluding hydrogens is 338 g/mol. The lowest BCUT2D eigenvalue weighted by atomic mass is 9.99. The summed E-state index contributed by atoms with van der Waals surface area (Å²) in [6.07, 6.45) is 1.71. The number of allylic oxidation sites excluding steroid dienone is 1. The summed E-state index contributed by atoms with van der Waals surface area (Å²) in [4.78, 5) is 5.71. The molecule has 0 N–H and O–H groups in total. The van der Waals surface area contributed by atoms with E-state index in [1.165, 1.54) is 0 Å². The van der Waals surface area contributed by atoms with Gasteiger partial charge in [-0.1, -0.05) is 85.4 Å². The third-order valence-corrected chi connectivity index (χ3v) is 5.40. The number of hydrogen-bond acceptors (Lipinski definition) is 2. The number of rotatable bonds is 7. The normalized spacial score (nSPS) is 12.8. The van der Waals surface area contributed by atoms with Crippen LogP contribution in [0.1, 0.15) is 17.2 Å². The largest absolute Gasteiger partial charge is 0.611 e. The molecule has 0 aliphatic carbocycles. The molecule has 0 amide bonds. The quantitative estimate of drug-likeness (QED) is 0.421. The van der Waals surface area contributed by atoms with Gasteiger partial charge in [-0.2, -0.15) is 0 Å². The molecule has 3 rings (SSSR count). The van der Waals surface area contributed by atoms with E-state index in [1.54, 1.807) is 6.08 Å². The Bertz CT molecular complexity index is 808. The zero-order chi connectivity index (χ0) is 18.2. The van der Waals surface area contributed by atoms with Crippen molar-refractivity contribution in [2.75, 3.05) is 5.75 Å². The molecule has 0 spiro atoms. The maximum absolute atomic E-state index is 12.7. The van der Waals surface area contributed by atoms with Crippen molar-refractivity contribution in [3.63, 3.8) is 0 Å². The van der Waals surface area contributed by atoms with E-state index in [0.29, 0.717) is 5.75 Å². The van der Waals surface area contributed by atoms with Crippen LogP contribution in [0.2, 0.25) is 0 Å². The second kappa shape index (κ2) is 9.18. The topological polar surface area (TPSA) is 35.4 Å². The van der Waals surface area contributed by atoms with Crippen molar-refractivity contribution in [2.24, 2.45) is 4.99 Å². The van der Waals surface area contributed by atoms with E-state index >= 15 is 0 Å². The van der Waals surface area contributed by atoms with Crippen molar-refractivity contribution in [1.29, 1.82) is 0 Å². The second-order valence-electron chi connectivity index (χ2n) is 5.85. The van der Waals surface area contributed by atoms with Crippen LogP contribution in [0.15, 0.2) is 114 Å². The second-order valence-corrected chi connectivity index (χ2v) is 7.30. The van der Waals surface area contributed by atoms with Crippen LogP contribution in [0.4, 0.5) is 0 Å². The molecule has 3 aromatic rings. The lowest BCUT2D eigenvalue weighted by Crippen LogP contribution is -2.16. The Morgan fingerprint density at radius 2 is 1.31 bits per heavy atom. The van der Waals surface area contributed by atoms with Gasteiger partial charge < -0.3 is 4.55 Å².